The van der Waals surface area contributed by atoms with Gasteiger partial charge in [-0.1, -0.05) is 13.0 Å². The molecule has 0 radical (unpaired) electrons. The van der Waals surface area contributed by atoms with Crippen molar-refractivity contribution in [2.75, 3.05) is 32.6 Å². The van der Waals surface area contributed by atoms with Crippen molar-refractivity contribution in [1.29, 1.82) is 0 Å². The number of rotatable bonds is 10. The summed E-state index contributed by atoms with van der Waals surface area (Å²) < 4.78 is 29.7. The predicted octanol–water partition coefficient (Wildman–Crippen LogP) is 3.20. The lowest BCUT2D eigenvalue weighted by atomic mass is 9.99. The first-order chi connectivity index (χ1) is 16.6. The smallest absolute Gasteiger partial charge is 0.251 e. The van der Waals surface area contributed by atoms with Gasteiger partial charge in [-0.2, -0.15) is 0 Å². The molecule has 2 heterocycles. The summed E-state index contributed by atoms with van der Waals surface area (Å²) in [6, 6.07) is 8.88. The van der Waals surface area contributed by atoms with Crippen LogP contribution in [-0.4, -0.2) is 54.1 Å². The van der Waals surface area contributed by atoms with E-state index in [0.717, 1.165) is 11.3 Å². The molecule has 0 fully saturated rings. The fourth-order valence-electron chi connectivity index (χ4n) is 3.23. The minimum absolute atomic E-state index is 0.0681. The fraction of sp³-hybridized carbons (Fsp3) is 0.292. The van der Waals surface area contributed by atoms with Crippen LogP contribution < -0.4 is 16.4 Å². The van der Waals surface area contributed by atoms with E-state index in [0.29, 0.717) is 28.6 Å². The second kappa shape index (κ2) is 11.3. The summed E-state index contributed by atoms with van der Waals surface area (Å²) in [5.41, 5.74) is 6.27. The summed E-state index contributed by atoms with van der Waals surface area (Å²) in [7, 11) is 3.33. The number of aromatic nitrogens is 1. The molecule has 8 nitrogen and oxygen atoms in total. The maximum absolute atomic E-state index is 14.8. The Labute approximate surface area is 205 Å². The summed E-state index contributed by atoms with van der Waals surface area (Å²) in [5, 5.41) is 15.6. The number of thiophene rings is 1. The quantitative estimate of drug-likeness (QED) is 0.337. The number of halogens is 2. The van der Waals surface area contributed by atoms with Gasteiger partial charge in [-0.05, 0) is 35.9 Å². The molecule has 0 spiro atoms. The Bertz CT molecular complexity index is 1210. The van der Waals surface area contributed by atoms with Gasteiger partial charge in [0.05, 0.1) is 23.4 Å². The van der Waals surface area contributed by atoms with Crippen LogP contribution >= 0.6 is 11.3 Å². The molecule has 1 unspecified atom stereocenters. The van der Waals surface area contributed by atoms with Crippen molar-refractivity contribution in [2.24, 2.45) is 5.73 Å². The number of primary amides is 1. The van der Waals surface area contributed by atoms with E-state index < -0.39 is 23.5 Å². The standard InChI is InChI=1S/C24H27F2N5O3S/c1-13(12-32)14-7-17(25)22(18(26)8-14)19-9-16(23(27)34)24(35-19)30-20-6-4-5-15(29-20)10-28-11-21(33)31(2)3/h4-9,13,28,32H,10-12H2,1-3H3,(H2,27,34)(H,29,30). The Morgan fingerprint density at radius 3 is 2.49 bits per heavy atom. The minimum Gasteiger partial charge on any atom is -0.396 e. The zero-order valence-corrected chi connectivity index (χ0v) is 20.4. The third kappa shape index (κ3) is 6.38. The Balaban J connectivity index is 1.86. The van der Waals surface area contributed by atoms with Gasteiger partial charge in [0, 0.05) is 38.0 Å². The fourth-order valence-corrected chi connectivity index (χ4v) is 4.35. The van der Waals surface area contributed by atoms with Gasteiger partial charge in [0.25, 0.3) is 5.91 Å². The minimum atomic E-state index is -0.803. The van der Waals surface area contributed by atoms with Crippen LogP contribution in [0, 0.1) is 11.6 Å². The van der Waals surface area contributed by atoms with Crippen molar-refractivity contribution in [3.05, 3.63) is 64.9 Å². The summed E-state index contributed by atoms with van der Waals surface area (Å²) >= 11 is 0.968. The first kappa shape index (κ1) is 26.2. The highest BCUT2D eigenvalue weighted by atomic mass is 32.1. The summed E-state index contributed by atoms with van der Waals surface area (Å²) in [4.78, 5) is 29.9. The molecular weight excluding hydrogens is 476 g/mol. The number of carbonyl (C=O) groups is 2. The molecule has 11 heteroatoms. The van der Waals surface area contributed by atoms with Crippen molar-refractivity contribution in [2.45, 2.75) is 19.4 Å². The molecule has 2 aromatic heterocycles. The average molecular weight is 504 g/mol. The molecule has 3 aromatic rings. The third-order valence-electron chi connectivity index (χ3n) is 5.28. The number of hydrogen-bond donors (Lipinski definition) is 4. The van der Waals surface area contributed by atoms with Crippen molar-refractivity contribution in [3.63, 3.8) is 0 Å². The number of nitrogens with zero attached hydrogens (tertiary/aromatic N) is 2. The molecule has 2 amide bonds. The molecule has 1 atom stereocenters. The van der Waals surface area contributed by atoms with Crippen molar-refractivity contribution in [1.82, 2.24) is 15.2 Å². The largest absolute Gasteiger partial charge is 0.396 e. The van der Waals surface area contributed by atoms with Gasteiger partial charge >= 0.3 is 0 Å². The number of anilines is 2. The van der Waals surface area contributed by atoms with Crippen LogP contribution in [0.3, 0.4) is 0 Å². The van der Waals surface area contributed by atoms with E-state index in [1.165, 1.54) is 23.1 Å². The van der Waals surface area contributed by atoms with Crippen LogP contribution in [0.1, 0.15) is 34.5 Å². The molecule has 35 heavy (non-hydrogen) atoms. The van der Waals surface area contributed by atoms with E-state index in [9.17, 15) is 23.5 Å². The number of aliphatic hydroxyl groups excluding tert-OH is 1. The highest BCUT2D eigenvalue weighted by Gasteiger charge is 2.22. The molecule has 0 aliphatic rings. The molecule has 0 aliphatic heterocycles. The molecule has 1 aromatic carbocycles. The number of likely N-dealkylation sites (N-methyl/N-ethyl adjacent to an activating group) is 1. The summed E-state index contributed by atoms with van der Waals surface area (Å²) in [6.45, 7) is 1.90. The highest BCUT2D eigenvalue weighted by molar-refractivity contribution is 7.20. The van der Waals surface area contributed by atoms with E-state index in [4.69, 9.17) is 5.73 Å². The first-order valence-corrected chi connectivity index (χ1v) is 11.6. The van der Waals surface area contributed by atoms with E-state index in [2.05, 4.69) is 15.6 Å². The number of aliphatic hydroxyl groups is 1. The summed E-state index contributed by atoms with van der Waals surface area (Å²) in [5.74, 6) is -2.47. The van der Waals surface area contributed by atoms with Crippen LogP contribution in [0.2, 0.25) is 0 Å². The summed E-state index contributed by atoms with van der Waals surface area (Å²) in [6.07, 6.45) is 0. The monoisotopic (exact) mass is 503 g/mol. The number of hydrogen-bond acceptors (Lipinski definition) is 7. The molecular formula is C24H27F2N5O3S. The van der Waals surface area contributed by atoms with Crippen molar-refractivity contribution >= 4 is 34.0 Å². The normalized spacial score (nSPS) is 11.8. The number of nitrogens with two attached hydrogens (primary N) is 1. The predicted molar refractivity (Wildman–Crippen MR) is 132 cm³/mol. The Morgan fingerprint density at radius 2 is 1.89 bits per heavy atom. The van der Waals surface area contributed by atoms with Gasteiger partial charge in [-0.15, -0.1) is 11.3 Å². The molecule has 0 saturated carbocycles. The van der Waals surface area contributed by atoms with Gasteiger partial charge in [0.15, 0.2) is 0 Å². The van der Waals surface area contributed by atoms with Gasteiger partial charge in [-0.25, -0.2) is 13.8 Å². The van der Waals surface area contributed by atoms with Crippen LogP contribution in [0.15, 0.2) is 36.4 Å². The second-order valence-electron chi connectivity index (χ2n) is 8.19. The van der Waals surface area contributed by atoms with Crippen LogP contribution in [0.4, 0.5) is 19.6 Å². The number of pyridine rings is 1. The van der Waals surface area contributed by atoms with Gasteiger partial charge in [0.2, 0.25) is 5.91 Å². The Kier molecular flexibility index (Phi) is 8.49. The Hall–Kier alpha value is -3.41. The SMILES string of the molecule is CC(CO)c1cc(F)c(-c2cc(C(N)=O)c(Nc3cccc(CNCC(=O)N(C)C)n3)s2)c(F)c1. The second-order valence-corrected chi connectivity index (χ2v) is 9.24. The third-order valence-corrected chi connectivity index (χ3v) is 6.35. The molecule has 5 N–H and O–H groups in total. The zero-order valence-electron chi connectivity index (χ0n) is 19.6. The zero-order chi connectivity index (χ0) is 25.7. The highest BCUT2D eigenvalue weighted by Crippen LogP contribution is 2.39. The van der Waals surface area contributed by atoms with Crippen LogP contribution in [0.25, 0.3) is 10.4 Å². The van der Waals surface area contributed by atoms with Gasteiger partial charge in [-0.3, -0.25) is 9.59 Å². The van der Waals surface area contributed by atoms with Gasteiger partial charge < -0.3 is 26.4 Å². The molecule has 3 rings (SSSR count). The molecule has 186 valence electrons. The maximum atomic E-state index is 14.8. The maximum Gasteiger partial charge on any atom is 0.251 e. The number of nitrogens with one attached hydrogen (secondary N) is 2. The first-order valence-electron chi connectivity index (χ1n) is 10.8. The topological polar surface area (TPSA) is 121 Å². The lowest BCUT2D eigenvalue weighted by molar-refractivity contribution is -0.127. The number of carbonyl (C=O) groups excluding carboxylic acids is 2. The average Bonchev–Trinajstić information content (AvgIpc) is 3.21. The van der Waals surface area contributed by atoms with Crippen molar-refractivity contribution < 1.29 is 23.5 Å². The van der Waals surface area contributed by atoms with Crippen LogP contribution in [-0.2, 0) is 11.3 Å². The number of amides is 2. The lowest BCUT2D eigenvalue weighted by Gasteiger charge is -2.11. The Morgan fingerprint density at radius 1 is 1.20 bits per heavy atom. The van der Waals surface area contributed by atoms with E-state index in [-0.39, 0.29) is 35.1 Å². The van der Waals surface area contributed by atoms with E-state index >= 15 is 0 Å². The lowest BCUT2D eigenvalue weighted by Crippen LogP contribution is -2.32. The van der Waals surface area contributed by atoms with Crippen LogP contribution in [0.5, 0.6) is 0 Å². The van der Waals surface area contributed by atoms with E-state index in [1.807, 2.05) is 0 Å². The molecule has 0 bridgehead atoms. The molecule has 0 aliphatic carbocycles. The number of benzene rings is 1. The van der Waals surface area contributed by atoms with E-state index in [1.54, 1.807) is 39.2 Å². The molecule has 0 saturated heterocycles. The van der Waals surface area contributed by atoms with Crippen molar-refractivity contribution in [3.8, 4) is 10.4 Å². The van der Waals surface area contributed by atoms with Gasteiger partial charge in [0.1, 0.15) is 22.5 Å².